The summed E-state index contributed by atoms with van der Waals surface area (Å²) in [6, 6.07) is 10.9. The molecule has 1 amide bonds. The van der Waals surface area contributed by atoms with Crippen molar-refractivity contribution < 1.29 is 14.6 Å². The van der Waals surface area contributed by atoms with Crippen LogP contribution in [-0.4, -0.2) is 46.8 Å². The SMILES string of the molecule is COc1ccc(-c2ccnc(C)c2)cc1CNC1CCC(N(CC(C)(C)C)C(=O)O)CC1. The van der Waals surface area contributed by atoms with E-state index in [1.165, 1.54) is 0 Å². The third-order valence-corrected chi connectivity index (χ3v) is 6.12. The zero-order valence-corrected chi connectivity index (χ0v) is 20.0. The van der Waals surface area contributed by atoms with Gasteiger partial charge < -0.3 is 20.1 Å². The van der Waals surface area contributed by atoms with E-state index in [0.717, 1.165) is 60.4 Å². The van der Waals surface area contributed by atoms with Crippen LogP contribution in [0.1, 0.15) is 57.7 Å². The summed E-state index contributed by atoms with van der Waals surface area (Å²) in [5, 5.41) is 13.4. The van der Waals surface area contributed by atoms with Gasteiger partial charge in [0.25, 0.3) is 0 Å². The summed E-state index contributed by atoms with van der Waals surface area (Å²) in [4.78, 5) is 17.7. The molecule has 2 N–H and O–H groups in total. The quantitative estimate of drug-likeness (QED) is 0.596. The van der Waals surface area contributed by atoms with Gasteiger partial charge in [-0.05, 0) is 73.4 Å². The fourth-order valence-corrected chi connectivity index (χ4v) is 4.53. The highest BCUT2D eigenvalue weighted by Gasteiger charge is 2.31. The van der Waals surface area contributed by atoms with E-state index in [2.05, 4.69) is 49.3 Å². The van der Waals surface area contributed by atoms with Crippen molar-refractivity contribution in [2.75, 3.05) is 13.7 Å². The number of benzene rings is 1. The average Bonchev–Trinajstić information content (AvgIpc) is 2.75. The van der Waals surface area contributed by atoms with Gasteiger partial charge in [0.15, 0.2) is 0 Å². The second kappa shape index (κ2) is 10.3. The molecule has 1 aromatic carbocycles. The van der Waals surface area contributed by atoms with Crippen molar-refractivity contribution in [3.05, 3.63) is 47.8 Å². The Labute approximate surface area is 192 Å². The van der Waals surface area contributed by atoms with Gasteiger partial charge in [-0.1, -0.05) is 26.8 Å². The minimum Gasteiger partial charge on any atom is -0.496 e. The molecule has 0 radical (unpaired) electrons. The monoisotopic (exact) mass is 439 g/mol. The topological polar surface area (TPSA) is 74.7 Å². The van der Waals surface area contributed by atoms with Crippen LogP contribution in [0.3, 0.4) is 0 Å². The maximum atomic E-state index is 11.8. The lowest BCUT2D eigenvalue weighted by Gasteiger charge is -2.38. The predicted molar refractivity (Wildman–Crippen MR) is 128 cm³/mol. The van der Waals surface area contributed by atoms with Gasteiger partial charge in [0.2, 0.25) is 0 Å². The van der Waals surface area contributed by atoms with Crippen LogP contribution in [0.25, 0.3) is 11.1 Å². The zero-order chi connectivity index (χ0) is 23.3. The third-order valence-electron chi connectivity index (χ3n) is 6.12. The Morgan fingerprint density at radius 1 is 1.16 bits per heavy atom. The summed E-state index contributed by atoms with van der Waals surface area (Å²) in [6.45, 7) is 9.56. The van der Waals surface area contributed by atoms with Gasteiger partial charge in [-0.25, -0.2) is 4.79 Å². The first-order valence-electron chi connectivity index (χ1n) is 11.5. The normalized spacial score (nSPS) is 18.9. The molecule has 1 heterocycles. The van der Waals surface area contributed by atoms with E-state index < -0.39 is 6.09 Å². The first-order chi connectivity index (χ1) is 15.2. The third kappa shape index (κ3) is 6.45. The number of hydrogen-bond acceptors (Lipinski definition) is 4. The molecule has 0 saturated heterocycles. The molecule has 1 aliphatic carbocycles. The fraction of sp³-hybridized carbons (Fsp3) is 0.538. The number of pyridine rings is 1. The van der Waals surface area contributed by atoms with Gasteiger partial charge in [-0.2, -0.15) is 0 Å². The first-order valence-corrected chi connectivity index (χ1v) is 11.5. The number of ether oxygens (including phenoxy) is 1. The Morgan fingerprint density at radius 2 is 1.84 bits per heavy atom. The van der Waals surface area contributed by atoms with Crippen molar-refractivity contribution >= 4 is 6.09 Å². The summed E-state index contributed by atoms with van der Waals surface area (Å²) in [6.07, 6.45) is 4.78. The molecule has 0 aliphatic heterocycles. The van der Waals surface area contributed by atoms with Crippen molar-refractivity contribution in [1.29, 1.82) is 0 Å². The number of aryl methyl sites for hydroxylation is 1. The molecule has 2 aromatic rings. The lowest BCUT2D eigenvalue weighted by molar-refractivity contribution is 0.0847. The minimum absolute atomic E-state index is 0.0393. The van der Waals surface area contributed by atoms with Gasteiger partial charge in [0.05, 0.1) is 7.11 Å². The first kappa shape index (κ1) is 24.1. The van der Waals surface area contributed by atoms with Gasteiger partial charge in [-0.15, -0.1) is 0 Å². The number of methoxy groups -OCH3 is 1. The molecule has 0 unspecified atom stereocenters. The maximum absolute atomic E-state index is 11.8. The Kier molecular flexibility index (Phi) is 7.77. The number of carboxylic acid groups (broad SMARTS) is 1. The largest absolute Gasteiger partial charge is 0.496 e. The average molecular weight is 440 g/mol. The summed E-state index contributed by atoms with van der Waals surface area (Å²) >= 11 is 0. The summed E-state index contributed by atoms with van der Waals surface area (Å²) in [7, 11) is 1.70. The van der Waals surface area contributed by atoms with E-state index in [0.29, 0.717) is 12.6 Å². The highest BCUT2D eigenvalue weighted by molar-refractivity contribution is 5.66. The van der Waals surface area contributed by atoms with Crippen LogP contribution in [0.4, 0.5) is 4.79 Å². The molecule has 1 aromatic heterocycles. The number of carbonyl (C=O) groups is 1. The molecule has 1 fully saturated rings. The smallest absolute Gasteiger partial charge is 0.407 e. The van der Waals surface area contributed by atoms with Crippen molar-refractivity contribution in [1.82, 2.24) is 15.2 Å². The molecule has 3 rings (SSSR count). The van der Waals surface area contributed by atoms with Gasteiger partial charge in [-0.3, -0.25) is 4.98 Å². The molecule has 0 atom stereocenters. The summed E-state index contributed by atoms with van der Waals surface area (Å²) < 4.78 is 5.60. The van der Waals surface area contributed by atoms with Crippen LogP contribution in [0.5, 0.6) is 5.75 Å². The van der Waals surface area contributed by atoms with Gasteiger partial charge >= 0.3 is 6.09 Å². The number of nitrogens with zero attached hydrogens (tertiary/aromatic N) is 2. The second-order valence-corrected chi connectivity index (χ2v) is 10.1. The zero-order valence-electron chi connectivity index (χ0n) is 20.0. The van der Waals surface area contributed by atoms with Crippen LogP contribution < -0.4 is 10.1 Å². The van der Waals surface area contributed by atoms with Crippen LogP contribution in [0, 0.1) is 12.3 Å². The van der Waals surface area contributed by atoms with E-state index in [1.807, 2.05) is 25.3 Å². The highest BCUT2D eigenvalue weighted by Crippen LogP contribution is 2.29. The van der Waals surface area contributed by atoms with Crippen molar-refractivity contribution in [2.24, 2.45) is 5.41 Å². The number of hydrogen-bond donors (Lipinski definition) is 2. The van der Waals surface area contributed by atoms with Crippen LogP contribution >= 0.6 is 0 Å². The van der Waals surface area contributed by atoms with Gasteiger partial charge in [0, 0.05) is 42.6 Å². The van der Waals surface area contributed by atoms with Crippen LogP contribution in [-0.2, 0) is 6.54 Å². The lowest BCUT2D eigenvalue weighted by Crippen LogP contribution is -2.47. The van der Waals surface area contributed by atoms with E-state index in [9.17, 15) is 9.90 Å². The molecule has 6 heteroatoms. The molecule has 0 bridgehead atoms. The Hall–Kier alpha value is -2.60. The van der Waals surface area contributed by atoms with Crippen molar-refractivity contribution in [3.63, 3.8) is 0 Å². The van der Waals surface area contributed by atoms with Gasteiger partial charge in [0.1, 0.15) is 5.75 Å². The summed E-state index contributed by atoms with van der Waals surface area (Å²) in [5.74, 6) is 0.878. The van der Waals surface area contributed by atoms with E-state index in [-0.39, 0.29) is 11.5 Å². The molecular formula is C26H37N3O3. The molecule has 0 spiro atoms. The number of amides is 1. The van der Waals surface area contributed by atoms with E-state index >= 15 is 0 Å². The standard InChI is InChI=1S/C26H37N3O3/c1-18-14-20(12-13-27-18)19-6-11-24(32-5)21(15-19)16-28-22-7-9-23(10-8-22)29(25(30)31)17-26(2,3)4/h6,11-15,22-23,28H,7-10,16-17H2,1-5H3,(H,30,31). The Morgan fingerprint density at radius 3 is 2.44 bits per heavy atom. The molecule has 174 valence electrons. The highest BCUT2D eigenvalue weighted by atomic mass is 16.5. The number of nitrogens with one attached hydrogen (secondary N) is 1. The Balaban J connectivity index is 1.61. The number of aromatic nitrogens is 1. The molecule has 1 saturated carbocycles. The molecular weight excluding hydrogens is 402 g/mol. The second-order valence-electron chi connectivity index (χ2n) is 10.1. The Bertz CT molecular complexity index is 915. The molecule has 1 aliphatic rings. The van der Waals surface area contributed by atoms with Crippen LogP contribution in [0.2, 0.25) is 0 Å². The molecule has 32 heavy (non-hydrogen) atoms. The lowest BCUT2D eigenvalue weighted by atomic mass is 9.88. The van der Waals surface area contributed by atoms with E-state index in [4.69, 9.17) is 4.74 Å². The van der Waals surface area contributed by atoms with Crippen molar-refractivity contribution in [2.45, 2.75) is 72.0 Å². The predicted octanol–water partition coefficient (Wildman–Crippen LogP) is 5.49. The van der Waals surface area contributed by atoms with Crippen molar-refractivity contribution in [3.8, 4) is 16.9 Å². The molecule has 6 nitrogen and oxygen atoms in total. The minimum atomic E-state index is -0.802. The van der Waals surface area contributed by atoms with Crippen LogP contribution in [0.15, 0.2) is 36.5 Å². The number of rotatable bonds is 7. The summed E-state index contributed by atoms with van der Waals surface area (Å²) in [5.41, 5.74) is 4.38. The maximum Gasteiger partial charge on any atom is 0.407 e. The van der Waals surface area contributed by atoms with E-state index in [1.54, 1.807) is 12.0 Å². The fourth-order valence-electron chi connectivity index (χ4n) is 4.53.